The van der Waals surface area contributed by atoms with Gasteiger partial charge >= 0.3 is 0 Å². The van der Waals surface area contributed by atoms with Crippen molar-refractivity contribution in [2.24, 2.45) is 12.5 Å². The lowest BCUT2D eigenvalue weighted by molar-refractivity contribution is 0.243. The maximum Gasteiger partial charge on any atom is 0.137 e. The number of aromatic nitrogens is 4. The molecule has 0 radical (unpaired) electrons. The molecule has 2 fully saturated rings. The van der Waals surface area contributed by atoms with Gasteiger partial charge in [-0.05, 0) is 29.9 Å². The molecule has 22 heavy (non-hydrogen) atoms. The van der Waals surface area contributed by atoms with Crippen LogP contribution >= 0.6 is 0 Å². The Morgan fingerprint density at radius 2 is 2.18 bits per heavy atom. The molecule has 0 N–H and O–H groups in total. The molecule has 1 aliphatic carbocycles. The standard InChI is InChI=1S/C17H23N5/c1-21-13-19-20-16(21)15-11-22(10-14-5-4-8-18-9-14)12-17(15)6-2-3-7-17/h4-5,8-9,13,15H,2-3,6-7,10-12H2,1H3. The lowest BCUT2D eigenvalue weighted by Gasteiger charge is -2.29. The van der Waals surface area contributed by atoms with Crippen molar-refractivity contribution in [1.82, 2.24) is 24.6 Å². The molecule has 2 aliphatic rings. The zero-order chi connectivity index (χ0) is 15.0. The summed E-state index contributed by atoms with van der Waals surface area (Å²) < 4.78 is 2.11. The summed E-state index contributed by atoms with van der Waals surface area (Å²) in [5.74, 6) is 1.68. The van der Waals surface area contributed by atoms with Crippen molar-refractivity contribution in [3.8, 4) is 0 Å². The molecule has 1 spiro atoms. The van der Waals surface area contributed by atoms with Gasteiger partial charge in [0, 0.05) is 45.0 Å². The number of likely N-dealkylation sites (tertiary alicyclic amines) is 1. The Balaban J connectivity index is 1.59. The van der Waals surface area contributed by atoms with Gasteiger partial charge in [-0.15, -0.1) is 10.2 Å². The number of rotatable bonds is 3. The molecule has 5 nitrogen and oxygen atoms in total. The van der Waals surface area contributed by atoms with E-state index in [4.69, 9.17) is 0 Å². The Morgan fingerprint density at radius 3 is 2.86 bits per heavy atom. The van der Waals surface area contributed by atoms with Gasteiger partial charge in [-0.1, -0.05) is 18.9 Å². The molecule has 1 aliphatic heterocycles. The van der Waals surface area contributed by atoms with E-state index < -0.39 is 0 Å². The van der Waals surface area contributed by atoms with E-state index >= 15 is 0 Å². The smallest absolute Gasteiger partial charge is 0.137 e. The van der Waals surface area contributed by atoms with E-state index in [1.54, 1.807) is 0 Å². The fraction of sp³-hybridized carbons (Fsp3) is 0.588. The van der Waals surface area contributed by atoms with Gasteiger partial charge in [0.05, 0.1) is 0 Å². The van der Waals surface area contributed by atoms with Crippen molar-refractivity contribution in [2.75, 3.05) is 13.1 Å². The van der Waals surface area contributed by atoms with Crippen molar-refractivity contribution in [3.63, 3.8) is 0 Å². The van der Waals surface area contributed by atoms with Crippen LogP contribution in [0.3, 0.4) is 0 Å². The van der Waals surface area contributed by atoms with Crippen LogP contribution in [0.25, 0.3) is 0 Å². The third-order valence-corrected chi connectivity index (χ3v) is 5.50. The summed E-state index contributed by atoms with van der Waals surface area (Å²) in [7, 11) is 2.07. The number of aryl methyl sites for hydroxylation is 1. The van der Waals surface area contributed by atoms with E-state index in [-0.39, 0.29) is 0 Å². The monoisotopic (exact) mass is 297 g/mol. The SMILES string of the molecule is Cn1cnnc1C1CN(Cc2cccnc2)CC12CCCC2. The summed E-state index contributed by atoms with van der Waals surface area (Å²) in [5, 5.41) is 8.55. The van der Waals surface area contributed by atoms with Gasteiger partial charge in [0.15, 0.2) is 0 Å². The topological polar surface area (TPSA) is 46.8 Å². The van der Waals surface area contributed by atoms with Gasteiger partial charge in [0.2, 0.25) is 0 Å². The van der Waals surface area contributed by atoms with Crippen molar-refractivity contribution in [3.05, 3.63) is 42.2 Å². The minimum absolute atomic E-state index is 0.406. The molecule has 0 bridgehead atoms. The highest BCUT2D eigenvalue weighted by molar-refractivity contribution is 5.15. The van der Waals surface area contributed by atoms with Crippen LogP contribution in [0.5, 0.6) is 0 Å². The largest absolute Gasteiger partial charge is 0.320 e. The first-order valence-corrected chi connectivity index (χ1v) is 8.22. The first-order valence-electron chi connectivity index (χ1n) is 8.22. The zero-order valence-corrected chi connectivity index (χ0v) is 13.1. The summed E-state index contributed by atoms with van der Waals surface area (Å²) >= 11 is 0. The van der Waals surface area contributed by atoms with E-state index in [1.807, 2.05) is 24.8 Å². The highest BCUT2D eigenvalue weighted by Gasteiger charge is 2.50. The van der Waals surface area contributed by atoms with Crippen molar-refractivity contribution >= 4 is 0 Å². The van der Waals surface area contributed by atoms with Gasteiger partial charge in [-0.3, -0.25) is 9.88 Å². The Hall–Kier alpha value is -1.75. The first kappa shape index (κ1) is 13.9. The second kappa shape index (κ2) is 5.47. The van der Waals surface area contributed by atoms with Crippen LogP contribution in [0.2, 0.25) is 0 Å². The lowest BCUT2D eigenvalue weighted by Crippen LogP contribution is -2.27. The molecule has 1 atom stereocenters. The Morgan fingerprint density at radius 1 is 1.32 bits per heavy atom. The van der Waals surface area contributed by atoms with Crippen molar-refractivity contribution in [1.29, 1.82) is 0 Å². The Bertz CT molecular complexity index is 630. The molecule has 0 aromatic carbocycles. The summed E-state index contributed by atoms with van der Waals surface area (Å²) in [6.45, 7) is 3.25. The fourth-order valence-corrected chi connectivity index (χ4v) is 4.49. The van der Waals surface area contributed by atoms with E-state index in [9.17, 15) is 0 Å². The van der Waals surface area contributed by atoms with E-state index in [0.29, 0.717) is 11.3 Å². The highest BCUT2D eigenvalue weighted by atomic mass is 15.3. The minimum Gasteiger partial charge on any atom is -0.320 e. The summed E-state index contributed by atoms with van der Waals surface area (Å²) in [6, 6.07) is 4.20. The quantitative estimate of drug-likeness (QED) is 0.872. The Labute approximate surface area is 131 Å². The molecule has 0 amide bonds. The average molecular weight is 297 g/mol. The molecule has 1 saturated heterocycles. The predicted octanol–water partition coefficient (Wildman–Crippen LogP) is 2.37. The van der Waals surface area contributed by atoms with Crippen LogP contribution in [-0.4, -0.2) is 37.7 Å². The van der Waals surface area contributed by atoms with Crippen LogP contribution in [0.4, 0.5) is 0 Å². The van der Waals surface area contributed by atoms with Crippen LogP contribution in [-0.2, 0) is 13.6 Å². The number of hydrogen-bond donors (Lipinski definition) is 0. The van der Waals surface area contributed by atoms with E-state index in [1.165, 1.54) is 37.8 Å². The molecular formula is C17H23N5. The first-order chi connectivity index (χ1) is 10.8. The molecule has 116 valence electrons. The second-order valence-electron chi connectivity index (χ2n) is 6.95. The molecular weight excluding hydrogens is 274 g/mol. The molecule has 3 heterocycles. The lowest BCUT2D eigenvalue weighted by atomic mass is 9.76. The fourth-order valence-electron chi connectivity index (χ4n) is 4.49. The zero-order valence-electron chi connectivity index (χ0n) is 13.1. The number of pyridine rings is 1. The molecule has 1 unspecified atom stereocenters. The normalized spacial score (nSPS) is 24.3. The van der Waals surface area contributed by atoms with Gasteiger partial charge in [0.1, 0.15) is 12.2 Å². The summed E-state index contributed by atoms with van der Waals surface area (Å²) in [4.78, 5) is 6.83. The maximum atomic E-state index is 4.43. The third kappa shape index (κ3) is 2.33. The van der Waals surface area contributed by atoms with Crippen molar-refractivity contribution < 1.29 is 0 Å². The van der Waals surface area contributed by atoms with Gasteiger partial charge < -0.3 is 4.57 Å². The van der Waals surface area contributed by atoms with Gasteiger partial charge in [-0.2, -0.15) is 0 Å². The molecule has 4 rings (SSSR count). The molecule has 2 aromatic rings. The van der Waals surface area contributed by atoms with Crippen LogP contribution in [0, 0.1) is 5.41 Å². The van der Waals surface area contributed by atoms with E-state index in [0.717, 1.165) is 18.9 Å². The molecule has 1 saturated carbocycles. The highest BCUT2D eigenvalue weighted by Crippen LogP contribution is 2.53. The van der Waals surface area contributed by atoms with Crippen molar-refractivity contribution in [2.45, 2.75) is 38.1 Å². The maximum absolute atomic E-state index is 4.43. The van der Waals surface area contributed by atoms with Gasteiger partial charge in [-0.25, -0.2) is 0 Å². The second-order valence-corrected chi connectivity index (χ2v) is 6.95. The number of nitrogens with zero attached hydrogens (tertiary/aromatic N) is 5. The number of hydrogen-bond acceptors (Lipinski definition) is 4. The average Bonchev–Trinajstić information content (AvgIpc) is 3.23. The predicted molar refractivity (Wildman–Crippen MR) is 84.2 cm³/mol. The Kier molecular flexibility index (Phi) is 3.45. The van der Waals surface area contributed by atoms with Crippen LogP contribution < -0.4 is 0 Å². The molecule has 5 heteroatoms. The van der Waals surface area contributed by atoms with Gasteiger partial charge in [0.25, 0.3) is 0 Å². The summed E-state index contributed by atoms with van der Waals surface area (Å²) in [5.41, 5.74) is 1.71. The summed E-state index contributed by atoms with van der Waals surface area (Å²) in [6.07, 6.45) is 11.0. The third-order valence-electron chi connectivity index (χ3n) is 5.50. The van der Waals surface area contributed by atoms with Crippen LogP contribution in [0.1, 0.15) is 43.0 Å². The minimum atomic E-state index is 0.406. The molecule has 2 aromatic heterocycles. The van der Waals surface area contributed by atoms with Crippen LogP contribution in [0.15, 0.2) is 30.9 Å². The van der Waals surface area contributed by atoms with E-state index in [2.05, 4.69) is 37.8 Å².